The van der Waals surface area contributed by atoms with Gasteiger partial charge in [-0.15, -0.1) is 0 Å². The van der Waals surface area contributed by atoms with Crippen LogP contribution in [0.4, 0.5) is 0 Å². The second kappa shape index (κ2) is 8.70. The summed E-state index contributed by atoms with van der Waals surface area (Å²) in [6, 6.07) is 11.8. The van der Waals surface area contributed by atoms with Crippen LogP contribution in [0.2, 0.25) is 0 Å². The van der Waals surface area contributed by atoms with Crippen LogP contribution in [0.5, 0.6) is 34.5 Å². The van der Waals surface area contributed by atoms with Gasteiger partial charge in [0.25, 0.3) is 0 Å². The maximum Gasteiger partial charge on any atom is 0.312 e. The predicted molar refractivity (Wildman–Crippen MR) is 129 cm³/mol. The number of carbonyl (C=O) groups is 1. The van der Waals surface area contributed by atoms with Crippen molar-refractivity contribution in [1.29, 1.82) is 0 Å². The number of aromatic hydroxyl groups is 4. The molecule has 36 heavy (non-hydrogen) atoms. The first-order chi connectivity index (χ1) is 17.3. The first-order valence-electron chi connectivity index (χ1n) is 10.9. The molecule has 0 fully saturated rings. The van der Waals surface area contributed by atoms with Crippen LogP contribution in [0, 0.1) is 0 Å². The third-order valence-electron chi connectivity index (χ3n) is 5.95. The summed E-state index contributed by atoms with van der Waals surface area (Å²) in [5.41, 5.74) is 0.142. The maximum atomic E-state index is 13.1. The lowest BCUT2D eigenvalue weighted by Gasteiger charge is -2.26. The average Bonchev–Trinajstić information content (AvgIpc) is 2.86. The third-order valence-corrected chi connectivity index (χ3v) is 5.95. The molecule has 9 nitrogen and oxygen atoms in total. The van der Waals surface area contributed by atoms with Gasteiger partial charge in [-0.1, -0.05) is 24.8 Å². The van der Waals surface area contributed by atoms with E-state index < -0.39 is 40.3 Å². The average molecular weight is 488 g/mol. The van der Waals surface area contributed by atoms with Gasteiger partial charge >= 0.3 is 5.97 Å². The minimum absolute atomic E-state index is 0.0153. The van der Waals surface area contributed by atoms with E-state index in [1.165, 1.54) is 12.1 Å². The number of phenols is 3. The highest BCUT2D eigenvalue weighted by Gasteiger charge is 2.34. The SMILES string of the molecule is C=CCOc1ccc(C2CC(=O)Oc3cc(O)c4c(=O)c(O)c(-c5ccc(O)c(O)c5)oc4c32)cc1. The van der Waals surface area contributed by atoms with E-state index in [1.54, 1.807) is 30.3 Å². The van der Waals surface area contributed by atoms with Gasteiger partial charge in [-0.25, -0.2) is 0 Å². The molecule has 3 aromatic carbocycles. The van der Waals surface area contributed by atoms with Gasteiger partial charge in [-0.2, -0.15) is 0 Å². The lowest BCUT2D eigenvalue weighted by atomic mass is 9.85. The molecule has 1 aliphatic rings. The van der Waals surface area contributed by atoms with Gasteiger partial charge in [0.15, 0.2) is 17.3 Å². The Morgan fingerprint density at radius 1 is 0.972 bits per heavy atom. The number of hydrogen-bond donors (Lipinski definition) is 4. The Kier molecular flexibility index (Phi) is 5.52. The molecule has 0 amide bonds. The Bertz CT molecular complexity index is 1580. The Morgan fingerprint density at radius 3 is 2.42 bits per heavy atom. The minimum Gasteiger partial charge on any atom is -0.507 e. The van der Waals surface area contributed by atoms with Crippen LogP contribution in [-0.2, 0) is 4.79 Å². The molecule has 0 spiro atoms. The fraction of sp³-hybridized carbons (Fsp3) is 0.111. The van der Waals surface area contributed by atoms with Crippen molar-refractivity contribution >= 4 is 16.9 Å². The lowest BCUT2D eigenvalue weighted by Crippen LogP contribution is -2.22. The second-order valence-electron chi connectivity index (χ2n) is 8.22. The minimum atomic E-state index is -0.914. The molecule has 0 radical (unpaired) electrons. The summed E-state index contributed by atoms with van der Waals surface area (Å²) in [6.45, 7) is 3.94. The topological polar surface area (TPSA) is 147 Å². The molecule has 1 atom stereocenters. The van der Waals surface area contributed by atoms with Crippen LogP contribution in [0.25, 0.3) is 22.3 Å². The standard InChI is InChI=1S/C27H20O9/c1-2-9-34-15-6-3-13(4-7-15)16-11-21(31)35-20-12-19(30)23-24(32)25(33)26(36-27(23)22(16)20)14-5-8-17(28)18(29)10-14/h2-8,10,12,16,28-30,33H,1,9,11H2. The van der Waals surface area contributed by atoms with Crippen molar-refractivity contribution in [2.24, 2.45) is 0 Å². The summed E-state index contributed by atoms with van der Waals surface area (Å²) in [5, 5.41) is 40.4. The molecule has 4 aromatic rings. The highest BCUT2D eigenvalue weighted by atomic mass is 16.5. The normalized spacial score (nSPS) is 14.8. The number of phenolic OH excluding ortho intramolecular Hbond substituents is 3. The number of carbonyl (C=O) groups excluding carboxylic acids is 1. The van der Waals surface area contributed by atoms with E-state index in [9.17, 15) is 30.0 Å². The predicted octanol–water partition coefficient (Wildman–Crippen LogP) is 4.29. The van der Waals surface area contributed by atoms with E-state index in [2.05, 4.69) is 6.58 Å². The van der Waals surface area contributed by atoms with Gasteiger partial charge in [0.1, 0.15) is 34.8 Å². The highest BCUT2D eigenvalue weighted by molar-refractivity contribution is 5.94. The van der Waals surface area contributed by atoms with E-state index in [0.717, 1.165) is 12.1 Å². The Labute approximate surface area is 203 Å². The molecule has 1 aliphatic heterocycles. The fourth-order valence-electron chi connectivity index (χ4n) is 4.28. The number of benzene rings is 3. The largest absolute Gasteiger partial charge is 0.507 e. The molecule has 5 rings (SSSR count). The Morgan fingerprint density at radius 2 is 1.72 bits per heavy atom. The van der Waals surface area contributed by atoms with Gasteiger partial charge in [0.2, 0.25) is 11.2 Å². The van der Waals surface area contributed by atoms with E-state index >= 15 is 0 Å². The van der Waals surface area contributed by atoms with Crippen molar-refractivity contribution < 1.29 is 39.1 Å². The van der Waals surface area contributed by atoms with E-state index in [1.807, 2.05) is 0 Å². The summed E-state index contributed by atoms with van der Waals surface area (Å²) >= 11 is 0. The van der Waals surface area contributed by atoms with Crippen molar-refractivity contribution in [3.05, 3.63) is 82.5 Å². The van der Waals surface area contributed by atoms with Gasteiger partial charge in [0, 0.05) is 23.1 Å². The maximum absolute atomic E-state index is 13.1. The summed E-state index contributed by atoms with van der Waals surface area (Å²) in [5.74, 6) is -3.04. The van der Waals surface area contributed by atoms with E-state index in [0.29, 0.717) is 23.5 Å². The lowest BCUT2D eigenvalue weighted by molar-refractivity contribution is -0.135. The highest BCUT2D eigenvalue weighted by Crippen LogP contribution is 2.47. The number of rotatable bonds is 5. The van der Waals surface area contributed by atoms with Crippen molar-refractivity contribution in [1.82, 2.24) is 0 Å². The van der Waals surface area contributed by atoms with Crippen molar-refractivity contribution in [3.63, 3.8) is 0 Å². The first kappa shape index (κ1) is 22.9. The summed E-state index contributed by atoms with van der Waals surface area (Å²) in [6.07, 6.45) is 1.54. The number of hydrogen-bond acceptors (Lipinski definition) is 9. The van der Waals surface area contributed by atoms with Gasteiger partial charge in [0.05, 0.1) is 6.42 Å². The van der Waals surface area contributed by atoms with E-state index in [4.69, 9.17) is 13.9 Å². The first-order valence-corrected chi connectivity index (χ1v) is 10.9. The van der Waals surface area contributed by atoms with Crippen molar-refractivity contribution in [2.45, 2.75) is 12.3 Å². The zero-order valence-corrected chi connectivity index (χ0v) is 18.7. The zero-order valence-electron chi connectivity index (χ0n) is 18.7. The van der Waals surface area contributed by atoms with Gasteiger partial charge < -0.3 is 34.3 Å². The van der Waals surface area contributed by atoms with Gasteiger partial charge in [-0.05, 0) is 35.9 Å². The van der Waals surface area contributed by atoms with E-state index in [-0.39, 0.29) is 34.5 Å². The number of fused-ring (bicyclic) bond motifs is 3. The van der Waals surface area contributed by atoms with Crippen LogP contribution in [0.1, 0.15) is 23.5 Å². The molecule has 1 aromatic heterocycles. The van der Waals surface area contributed by atoms with Crippen LogP contribution < -0.4 is 14.9 Å². The zero-order chi connectivity index (χ0) is 25.6. The fourth-order valence-corrected chi connectivity index (χ4v) is 4.28. The van der Waals surface area contributed by atoms with Gasteiger partial charge in [-0.3, -0.25) is 9.59 Å². The molecule has 1 unspecified atom stereocenters. The van der Waals surface area contributed by atoms with Crippen LogP contribution in [-0.4, -0.2) is 33.0 Å². The Balaban J connectivity index is 1.75. The number of esters is 1. The van der Waals surface area contributed by atoms with Crippen LogP contribution >= 0.6 is 0 Å². The molecule has 2 heterocycles. The molecule has 4 N–H and O–H groups in total. The molecule has 0 bridgehead atoms. The molecular weight excluding hydrogens is 468 g/mol. The smallest absolute Gasteiger partial charge is 0.312 e. The second-order valence-corrected chi connectivity index (χ2v) is 8.22. The third kappa shape index (κ3) is 3.76. The quantitative estimate of drug-likeness (QED) is 0.140. The van der Waals surface area contributed by atoms with Crippen LogP contribution in [0.15, 0.2) is 70.4 Å². The molecule has 9 heteroatoms. The van der Waals surface area contributed by atoms with Crippen molar-refractivity contribution in [2.75, 3.05) is 6.61 Å². The molecule has 0 saturated heterocycles. The number of ether oxygens (including phenoxy) is 2. The summed E-state index contributed by atoms with van der Waals surface area (Å²) in [4.78, 5) is 25.5. The summed E-state index contributed by atoms with van der Waals surface area (Å²) < 4.78 is 16.9. The molecular formula is C27H20O9. The van der Waals surface area contributed by atoms with Crippen molar-refractivity contribution in [3.8, 4) is 45.8 Å². The molecule has 182 valence electrons. The molecule has 0 saturated carbocycles. The van der Waals surface area contributed by atoms with Crippen LogP contribution in [0.3, 0.4) is 0 Å². The monoisotopic (exact) mass is 488 g/mol. The molecule has 0 aliphatic carbocycles. The Hall–Kier alpha value is -4.92. The summed E-state index contributed by atoms with van der Waals surface area (Å²) in [7, 11) is 0.